The molecule has 2 aromatic carbocycles. The molecule has 2 aliphatic rings. The van der Waals surface area contributed by atoms with Gasteiger partial charge in [-0.25, -0.2) is 0 Å². The molecule has 0 radical (unpaired) electrons. The van der Waals surface area contributed by atoms with Gasteiger partial charge in [-0.15, -0.1) is 0 Å². The third kappa shape index (κ3) is 3.50. The Kier molecular flexibility index (Phi) is 4.74. The molecule has 4 rings (SSSR count). The first kappa shape index (κ1) is 16.8. The predicted octanol–water partition coefficient (Wildman–Crippen LogP) is 3.10. The Hall–Kier alpha value is -2.62. The van der Waals surface area contributed by atoms with Crippen LogP contribution < -0.4 is 5.32 Å². The topological polar surface area (TPSA) is 49.4 Å². The summed E-state index contributed by atoms with van der Waals surface area (Å²) in [5.74, 6) is -0.126. The van der Waals surface area contributed by atoms with E-state index in [1.807, 2.05) is 47.4 Å². The quantitative estimate of drug-likeness (QED) is 0.923. The van der Waals surface area contributed by atoms with E-state index in [0.717, 1.165) is 18.4 Å². The van der Waals surface area contributed by atoms with Crippen molar-refractivity contribution in [3.63, 3.8) is 0 Å². The Labute approximate surface area is 154 Å². The van der Waals surface area contributed by atoms with Crippen molar-refractivity contribution >= 4 is 11.8 Å². The Morgan fingerprint density at radius 2 is 1.81 bits per heavy atom. The predicted molar refractivity (Wildman–Crippen MR) is 101 cm³/mol. The molecule has 26 heavy (non-hydrogen) atoms. The molecule has 4 heteroatoms. The van der Waals surface area contributed by atoms with E-state index in [9.17, 15) is 9.59 Å². The van der Waals surface area contributed by atoms with Crippen LogP contribution in [0.15, 0.2) is 48.5 Å². The summed E-state index contributed by atoms with van der Waals surface area (Å²) in [6, 6.07) is 15.5. The number of aryl methyl sites for hydroxylation is 2. The van der Waals surface area contributed by atoms with Gasteiger partial charge in [-0.2, -0.15) is 0 Å². The molecule has 1 heterocycles. The highest BCUT2D eigenvalue weighted by molar-refractivity contribution is 5.98. The highest BCUT2D eigenvalue weighted by Gasteiger charge is 2.32. The fraction of sp³-hybridized carbons (Fsp3) is 0.364. The summed E-state index contributed by atoms with van der Waals surface area (Å²) in [6.45, 7) is 1.29. The van der Waals surface area contributed by atoms with E-state index in [0.29, 0.717) is 25.1 Å². The molecular weight excluding hydrogens is 324 g/mol. The second-order valence-electron chi connectivity index (χ2n) is 7.25. The second kappa shape index (κ2) is 7.32. The van der Waals surface area contributed by atoms with Gasteiger partial charge in [-0.1, -0.05) is 36.4 Å². The summed E-state index contributed by atoms with van der Waals surface area (Å²) in [4.78, 5) is 27.1. The molecule has 2 amide bonds. The van der Waals surface area contributed by atoms with Crippen molar-refractivity contribution in [2.75, 3.05) is 6.54 Å². The molecule has 4 nitrogen and oxygen atoms in total. The highest BCUT2D eigenvalue weighted by Crippen LogP contribution is 2.22. The lowest BCUT2D eigenvalue weighted by Crippen LogP contribution is -2.41. The summed E-state index contributed by atoms with van der Waals surface area (Å²) in [6.07, 6.45) is 5.23. The van der Waals surface area contributed by atoms with Crippen molar-refractivity contribution in [3.05, 3.63) is 70.8 Å². The minimum Gasteiger partial charge on any atom is -0.340 e. The van der Waals surface area contributed by atoms with Crippen LogP contribution in [0, 0.1) is 0 Å². The fourth-order valence-corrected chi connectivity index (χ4v) is 3.95. The number of rotatable bonds is 4. The monoisotopic (exact) mass is 348 g/mol. The van der Waals surface area contributed by atoms with Gasteiger partial charge < -0.3 is 10.2 Å². The number of hydrogen-bond acceptors (Lipinski definition) is 2. The average Bonchev–Trinajstić information content (AvgIpc) is 3.02. The Morgan fingerprint density at radius 3 is 2.62 bits per heavy atom. The van der Waals surface area contributed by atoms with Gasteiger partial charge in [-0.05, 0) is 60.9 Å². The molecule has 1 saturated heterocycles. The van der Waals surface area contributed by atoms with Gasteiger partial charge in [0.1, 0.15) is 6.04 Å². The molecule has 0 aromatic heterocycles. The number of fused-ring (bicyclic) bond motifs is 1. The smallest absolute Gasteiger partial charge is 0.251 e. The Morgan fingerprint density at radius 1 is 1.04 bits per heavy atom. The largest absolute Gasteiger partial charge is 0.340 e. The van der Waals surface area contributed by atoms with Crippen LogP contribution in [-0.4, -0.2) is 29.3 Å². The van der Waals surface area contributed by atoms with Crippen LogP contribution in [0.1, 0.15) is 46.3 Å². The van der Waals surface area contributed by atoms with Crippen LogP contribution in [-0.2, 0) is 24.2 Å². The minimum absolute atomic E-state index is 0.0140. The summed E-state index contributed by atoms with van der Waals surface area (Å²) in [7, 11) is 0. The molecular formula is C22H24N2O2. The number of nitrogens with zero attached hydrogens (tertiary/aromatic N) is 1. The summed E-state index contributed by atoms with van der Waals surface area (Å²) in [5.41, 5.74) is 4.42. The number of hydrogen-bond donors (Lipinski definition) is 1. The fourth-order valence-electron chi connectivity index (χ4n) is 3.95. The second-order valence-corrected chi connectivity index (χ2v) is 7.25. The van der Waals surface area contributed by atoms with Crippen molar-refractivity contribution in [1.29, 1.82) is 0 Å². The zero-order chi connectivity index (χ0) is 17.9. The maximum absolute atomic E-state index is 12.6. The number of carbonyl (C=O) groups is 2. The van der Waals surface area contributed by atoms with Crippen molar-refractivity contribution in [1.82, 2.24) is 10.2 Å². The summed E-state index contributed by atoms with van der Waals surface area (Å²) in [5, 5.41) is 2.94. The minimum atomic E-state index is -0.415. The van der Waals surface area contributed by atoms with Crippen molar-refractivity contribution in [3.8, 4) is 0 Å². The van der Waals surface area contributed by atoms with Crippen molar-refractivity contribution < 1.29 is 9.59 Å². The van der Waals surface area contributed by atoms with Crippen LogP contribution in [0.2, 0.25) is 0 Å². The van der Waals surface area contributed by atoms with E-state index < -0.39 is 6.04 Å². The molecule has 1 atom stereocenters. The van der Waals surface area contributed by atoms with Gasteiger partial charge in [0.25, 0.3) is 5.91 Å². The van der Waals surface area contributed by atoms with Crippen molar-refractivity contribution in [2.45, 2.75) is 44.7 Å². The summed E-state index contributed by atoms with van der Waals surface area (Å²) >= 11 is 0. The lowest BCUT2D eigenvalue weighted by Gasteiger charge is -2.18. The van der Waals surface area contributed by atoms with Crippen LogP contribution in [0.5, 0.6) is 0 Å². The van der Waals surface area contributed by atoms with Crippen LogP contribution in [0.25, 0.3) is 0 Å². The molecule has 1 aliphatic carbocycles. The Bertz CT molecular complexity index is 816. The zero-order valence-electron chi connectivity index (χ0n) is 14.9. The molecule has 0 spiro atoms. The Balaban J connectivity index is 1.40. The number of carbonyl (C=O) groups excluding carboxylic acids is 2. The molecule has 134 valence electrons. The maximum atomic E-state index is 12.6. The molecule has 1 aliphatic heterocycles. The van der Waals surface area contributed by atoms with Gasteiger partial charge >= 0.3 is 0 Å². The van der Waals surface area contributed by atoms with Crippen LogP contribution >= 0.6 is 0 Å². The van der Waals surface area contributed by atoms with Gasteiger partial charge in [0.05, 0.1) is 0 Å². The van der Waals surface area contributed by atoms with E-state index in [1.54, 1.807) is 0 Å². The standard InChI is InChI=1S/C22H24N2O2/c25-21(19-11-10-17-8-4-5-9-18(17)14-19)23-20-12-13-24(22(20)26)15-16-6-2-1-3-7-16/h1-3,6-7,10-11,14,20H,4-5,8-9,12-13,15H2,(H,23,25). The lowest BCUT2D eigenvalue weighted by atomic mass is 9.90. The first-order valence-corrected chi connectivity index (χ1v) is 9.46. The SMILES string of the molecule is O=C(NC1CCN(Cc2ccccc2)C1=O)c1ccc2c(c1)CCCC2. The molecule has 1 N–H and O–H groups in total. The number of amides is 2. The van der Waals surface area contributed by atoms with Crippen LogP contribution in [0.4, 0.5) is 0 Å². The van der Waals surface area contributed by atoms with E-state index in [2.05, 4.69) is 11.4 Å². The van der Waals surface area contributed by atoms with E-state index in [1.165, 1.54) is 24.0 Å². The van der Waals surface area contributed by atoms with E-state index in [-0.39, 0.29) is 11.8 Å². The van der Waals surface area contributed by atoms with E-state index in [4.69, 9.17) is 0 Å². The van der Waals surface area contributed by atoms with Gasteiger partial charge in [0.2, 0.25) is 5.91 Å². The average molecular weight is 348 g/mol. The third-order valence-electron chi connectivity index (χ3n) is 5.43. The first-order chi connectivity index (χ1) is 12.7. The molecule has 1 fully saturated rings. The third-order valence-corrected chi connectivity index (χ3v) is 5.43. The van der Waals surface area contributed by atoms with Crippen molar-refractivity contribution in [2.24, 2.45) is 0 Å². The van der Waals surface area contributed by atoms with E-state index >= 15 is 0 Å². The lowest BCUT2D eigenvalue weighted by molar-refractivity contribution is -0.129. The number of nitrogens with one attached hydrogen (secondary N) is 1. The molecule has 2 aromatic rings. The first-order valence-electron chi connectivity index (χ1n) is 9.46. The van der Waals surface area contributed by atoms with Gasteiger partial charge in [0.15, 0.2) is 0 Å². The van der Waals surface area contributed by atoms with Gasteiger partial charge in [0, 0.05) is 18.7 Å². The van der Waals surface area contributed by atoms with Crippen LogP contribution in [0.3, 0.4) is 0 Å². The molecule has 0 saturated carbocycles. The zero-order valence-corrected chi connectivity index (χ0v) is 14.9. The normalized spacial score (nSPS) is 19.3. The molecule has 0 bridgehead atoms. The number of benzene rings is 2. The number of likely N-dealkylation sites (tertiary alicyclic amines) is 1. The molecule has 1 unspecified atom stereocenters. The summed E-state index contributed by atoms with van der Waals surface area (Å²) < 4.78 is 0. The maximum Gasteiger partial charge on any atom is 0.251 e. The highest BCUT2D eigenvalue weighted by atomic mass is 16.2. The van der Waals surface area contributed by atoms with Gasteiger partial charge in [-0.3, -0.25) is 9.59 Å².